The lowest BCUT2D eigenvalue weighted by atomic mass is 9.70. The van der Waals surface area contributed by atoms with Crippen LogP contribution in [0.25, 0.3) is 11.5 Å². The molecule has 146 valence electrons. The number of hydrogen-bond acceptors (Lipinski definition) is 5. The number of benzene rings is 1. The number of aliphatic hydroxyl groups excluding tert-OH is 1. The standard InChI is InChI=1S/C22H31N3O2/c1-14(2)20-11-17(15(3)10-18(20)13-26)12-21-23-24-22(27-21)16-6-8-19(9-7-16)25(4)5/h6-10,14,17-18,20,26H,11-13H2,1-5H3. The van der Waals surface area contributed by atoms with Crippen molar-refractivity contribution in [3.63, 3.8) is 0 Å². The predicted octanol–water partition coefficient (Wildman–Crippen LogP) is 4.19. The molecular formula is C22H31N3O2. The van der Waals surface area contributed by atoms with Gasteiger partial charge in [0.05, 0.1) is 0 Å². The van der Waals surface area contributed by atoms with Crippen LogP contribution in [0.15, 0.2) is 40.3 Å². The number of aromatic nitrogens is 2. The van der Waals surface area contributed by atoms with Gasteiger partial charge in [-0.15, -0.1) is 10.2 Å². The molecule has 0 spiro atoms. The third-order valence-corrected chi connectivity index (χ3v) is 5.81. The first-order valence-electron chi connectivity index (χ1n) is 9.78. The molecule has 3 unspecified atom stereocenters. The fourth-order valence-electron chi connectivity index (χ4n) is 4.05. The van der Waals surface area contributed by atoms with Crippen LogP contribution in [0.2, 0.25) is 0 Å². The van der Waals surface area contributed by atoms with Gasteiger partial charge < -0.3 is 14.4 Å². The molecule has 1 aromatic carbocycles. The van der Waals surface area contributed by atoms with Crippen LogP contribution in [0, 0.1) is 23.7 Å². The van der Waals surface area contributed by atoms with Crippen LogP contribution < -0.4 is 4.90 Å². The van der Waals surface area contributed by atoms with Crippen molar-refractivity contribution in [2.24, 2.45) is 23.7 Å². The molecule has 0 radical (unpaired) electrons. The Bertz CT molecular complexity index is 777. The third-order valence-electron chi connectivity index (χ3n) is 5.81. The molecule has 5 nitrogen and oxygen atoms in total. The molecule has 1 aliphatic carbocycles. The summed E-state index contributed by atoms with van der Waals surface area (Å²) in [4.78, 5) is 2.06. The van der Waals surface area contributed by atoms with Gasteiger partial charge >= 0.3 is 0 Å². The zero-order valence-corrected chi connectivity index (χ0v) is 17.0. The Morgan fingerprint density at radius 1 is 1.19 bits per heavy atom. The molecule has 1 N–H and O–H groups in total. The van der Waals surface area contributed by atoms with E-state index >= 15 is 0 Å². The van der Waals surface area contributed by atoms with E-state index in [4.69, 9.17) is 4.42 Å². The van der Waals surface area contributed by atoms with E-state index < -0.39 is 0 Å². The van der Waals surface area contributed by atoms with Gasteiger partial charge in [0.15, 0.2) is 0 Å². The van der Waals surface area contributed by atoms with E-state index in [1.165, 1.54) is 5.57 Å². The van der Waals surface area contributed by atoms with Gasteiger partial charge in [-0.1, -0.05) is 25.5 Å². The summed E-state index contributed by atoms with van der Waals surface area (Å²) in [6, 6.07) is 8.13. The Kier molecular flexibility index (Phi) is 6.00. The van der Waals surface area contributed by atoms with Gasteiger partial charge in [-0.3, -0.25) is 0 Å². The molecule has 0 saturated carbocycles. The summed E-state index contributed by atoms with van der Waals surface area (Å²) in [5.74, 6) is 2.94. The van der Waals surface area contributed by atoms with Crippen LogP contribution in [0.3, 0.4) is 0 Å². The normalized spacial score (nSPS) is 22.8. The first-order valence-corrected chi connectivity index (χ1v) is 9.78. The maximum atomic E-state index is 9.70. The van der Waals surface area contributed by atoms with E-state index in [2.05, 4.69) is 54.1 Å². The van der Waals surface area contributed by atoms with Crippen LogP contribution >= 0.6 is 0 Å². The lowest BCUT2D eigenvalue weighted by Gasteiger charge is -2.36. The smallest absolute Gasteiger partial charge is 0.247 e. The van der Waals surface area contributed by atoms with Crippen LogP contribution in [0.4, 0.5) is 5.69 Å². The van der Waals surface area contributed by atoms with Crippen molar-refractivity contribution < 1.29 is 9.52 Å². The zero-order valence-electron chi connectivity index (χ0n) is 17.0. The first-order chi connectivity index (χ1) is 12.9. The molecule has 0 aliphatic heterocycles. The summed E-state index contributed by atoms with van der Waals surface area (Å²) < 4.78 is 5.96. The predicted molar refractivity (Wildman–Crippen MR) is 109 cm³/mol. The lowest BCUT2D eigenvalue weighted by molar-refractivity contribution is 0.147. The fourth-order valence-corrected chi connectivity index (χ4v) is 4.05. The summed E-state index contributed by atoms with van der Waals surface area (Å²) in [5.41, 5.74) is 3.40. The summed E-state index contributed by atoms with van der Waals surface area (Å²) in [5, 5.41) is 18.2. The minimum atomic E-state index is 0.223. The van der Waals surface area contributed by atoms with Gasteiger partial charge in [0.25, 0.3) is 0 Å². The second-order valence-electron chi connectivity index (χ2n) is 8.24. The van der Waals surface area contributed by atoms with E-state index in [0.717, 1.165) is 24.1 Å². The second kappa shape index (κ2) is 8.26. The Balaban J connectivity index is 1.73. The number of allylic oxidation sites excluding steroid dienone is 1. The van der Waals surface area contributed by atoms with Crippen molar-refractivity contribution >= 4 is 5.69 Å². The van der Waals surface area contributed by atoms with Crippen molar-refractivity contribution in [3.05, 3.63) is 41.8 Å². The van der Waals surface area contributed by atoms with E-state index in [1.807, 2.05) is 26.2 Å². The van der Waals surface area contributed by atoms with Gasteiger partial charge in [0.2, 0.25) is 11.8 Å². The molecule has 0 fully saturated rings. The summed E-state index contributed by atoms with van der Waals surface area (Å²) in [6.07, 6.45) is 4.06. The average molecular weight is 370 g/mol. The molecule has 3 atom stereocenters. The highest BCUT2D eigenvalue weighted by atomic mass is 16.4. The topological polar surface area (TPSA) is 62.4 Å². The minimum Gasteiger partial charge on any atom is -0.421 e. The molecule has 3 rings (SSSR count). The monoisotopic (exact) mass is 369 g/mol. The van der Waals surface area contributed by atoms with E-state index in [1.54, 1.807) is 0 Å². The first kappa shape index (κ1) is 19.6. The van der Waals surface area contributed by atoms with E-state index in [9.17, 15) is 5.11 Å². The van der Waals surface area contributed by atoms with Crippen molar-refractivity contribution in [1.82, 2.24) is 10.2 Å². The Morgan fingerprint density at radius 3 is 2.48 bits per heavy atom. The van der Waals surface area contributed by atoms with Gasteiger partial charge in [0, 0.05) is 44.3 Å². The van der Waals surface area contributed by atoms with Crippen LogP contribution in [-0.2, 0) is 6.42 Å². The minimum absolute atomic E-state index is 0.223. The number of nitrogens with zero attached hydrogens (tertiary/aromatic N) is 3. The summed E-state index contributed by atoms with van der Waals surface area (Å²) in [6.45, 7) is 6.85. The maximum Gasteiger partial charge on any atom is 0.247 e. The van der Waals surface area contributed by atoms with Crippen molar-refractivity contribution in [2.75, 3.05) is 25.6 Å². The summed E-state index contributed by atoms with van der Waals surface area (Å²) in [7, 11) is 4.04. The Hall–Kier alpha value is -2.14. The number of rotatable bonds is 6. The van der Waals surface area contributed by atoms with Crippen molar-refractivity contribution in [2.45, 2.75) is 33.6 Å². The van der Waals surface area contributed by atoms with Crippen molar-refractivity contribution in [1.29, 1.82) is 0 Å². The third kappa shape index (κ3) is 4.41. The molecule has 0 bridgehead atoms. The van der Waals surface area contributed by atoms with Crippen LogP contribution in [-0.4, -0.2) is 36.0 Å². The number of anilines is 1. The van der Waals surface area contributed by atoms with Crippen LogP contribution in [0.5, 0.6) is 0 Å². The Labute approximate surface area is 162 Å². The van der Waals surface area contributed by atoms with E-state index in [-0.39, 0.29) is 12.5 Å². The Morgan fingerprint density at radius 2 is 1.89 bits per heavy atom. The SMILES string of the molecule is CC1=CC(CO)C(C(C)C)CC1Cc1nnc(-c2ccc(N(C)C)cc2)o1. The molecular weight excluding hydrogens is 338 g/mol. The quantitative estimate of drug-likeness (QED) is 0.774. The molecule has 5 heteroatoms. The van der Waals surface area contributed by atoms with Crippen molar-refractivity contribution in [3.8, 4) is 11.5 Å². The molecule has 1 aromatic heterocycles. The zero-order chi connectivity index (χ0) is 19.6. The highest BCUT2D eigenvalue weighted by Gasteiger charge is 2.32. The van der Waals surface area contributed by atoms with Crippen LogP contribution in [0.1, 0.15) is 33.1 Å². The van der Waals surface area contributed by atoms with Gasteiger partial charge in [0.1, 0.15) is 0 Å². The number of aliphatic hydroxyl groups is 1. The molecule has 0 saturated heterocycles. The molecule has 0 amide bonds. The molecule has 1 aliphatic rings. The fraction of sp³-hybridized carbons (Fsp3) is 0.545. The molecule has 27 heavy (non-hydrogen) atoms. The number of hydrogen-bond donors (Lipinski definition) is 1. The van der Waals surface area contributed by atoms with Gasteiger partial charge in [-0.25, -0.2) is 0 Å². The summed E-state index contributed by atoms with van der Waals surface area (Å²) >= 11 is 0. The highest BCUT2D eigenvalue weighted by molar-refractivity contribution is 5.58. The van der Waals surface area contributed by atoms with E-state index in [0.29, 0.717) is 29.5 Å². The largest absolute Gasteiger partial charge is 0.421 e. The average Bonchev–Trinajstić information content (AvgIpc) is 3.11. The molecule has 2 aromatic rings. The molecule has 1 heterocycles. The van der Waals surface area contributed by atoms with Gasteiger partial charge in [-0.05, 0) is 55.4 Å². The second-order valence-corrected chi connectivity index (χ2v) is 8.24. The van der Waals surface area contributed by atoms with Gasteiger partial charge in [-0.2, -0.15) is 0 Å². The highest BCUT2D eigenvalue weighted by Crippen LogP contribution is 2.38. The maximum absolute atomic E-state index is 9.70. The lowest BCUT2D eigenvalue weighted by Crippen LogP contribution is -2.30.